The van der Waals surface area contributed by atoms with Crippen molar-refractivity contribution in [2.45, 2.75) is 13.1 Å². The van der Waals surface area contributed by atoms with Gasteiger partial charge in [0, 0.05) is 16.9 Å². The fourth-order valence-corrected chi connectivity index (χ4v) is 1.55. The normalized spacial score (nSPS) is 12.4. The van der Waals surface area contributed by atoms with Gasteiger partial charge in [-0.2, -0.15) is 13.2 Å². The molecule has 0 radical (unpaired) electrons. The van der Waals surface area contributed by atoms with E-state index in [4.69, 9.17) is 11.6 Å². The largest absolute Gasteiger partial charge is 0.455 e. The molecule has 0 amide bonds. The van der Waals surface area contributed by atoms with Gasteiger partial charge in [0.15, 0.2) is 0 Å². The van der Waals surface area contributed by atoms with Crippen LogP contribution >= 0.6 is 27.5 Å². The van der Waals surface area contributed by atoms with Crippen LogP contribution in [-0.4, -0.2) is 12.0 Å². The third-order valence-electron chi connectivity index (χ3n) is 2.01. The predicted molar refractivity (Wildman–Crippen MR) is 67.9 cm³/mol. The summed E-state index contributed by atoms with van der Waals surface area (Å²) < 4.78 is 35.6. The van der Waals surface area contributed by atoms with Gasteiger partial charge in [-0.3, -0.25) is 4.79 Å². The number of alkyl halides is 3. The molecule has 18 heavy (non-hydrogen) atoms. The van der Waals surface area contributed by atoms with E-state index in [1.807, 2.05) is 0 Å². The molecule has 0 spiro atoms. The summed E-state index contributed by atoms with van der Waals surface area (Å²) in [6.07, 6.45) is -3.97. The highest BCUT2D eigenvalue weighted by Crippen LogP contribution is 2.24. The van der Waals surface area contributed by atoms with Crippen molar-refractivity contribution in [1.29, 1.82) is 0 Å². The van der Waals surface area contributed by atoms with Gasteiger partial charge < -0.3 is 5.32 Å². The minimum Gasteiger partial charge on any atom is -0.360 e. The average molecular weight is 343 g/mol. The summed E-state index contributed by atoms with van der Waals surface area (Å²) in [5.41, 5.74) is 1.33. The number of benzene rings is 1. The molecule has 1 N–H and O–H groups in total. The Balaban J connectivity index is 2.80. The van der Waals surface area contributed by atoms with Gasteiger partial charge in [0.1, 0.15) is 0 Å². The van der Waals surface area contributed by atoms with Crippen LogP contribution in [0.4, 0.5) is 18.9 Å². The number of rotatable bonds is 3. The van der Waals surface area contributed by atoms with Crippen molar-refractivity contribution < 1.29 is 18.0 Å². The second kappa shape index (κ2) is 5.75. The van der Waals surface area contributed by atoms with E-state index in [-0.39, 0.29) is 0 Å². The Hall–Kier alpha value is -1.01. The van der Waals surface area contributed by atoms with E-state index in [2.05, 4.69) is 21.2 Å². The number of carbonyl (C=O) groups is 1. The molecule has 0 saturated heterocycles. The summed E-state index contributed by atoms with van der Waals surface area (Å²) in [6.45, 7) is 1.80. The standard InChI is InChI=1S/C11H8BrClF3NO/c1-6-2-3-7(4-9(6)13)17-5-8(12)10(18)11(14,15)16/h2-5,17H,1H3/b8-5-. The smallest absolute Gasteiger partial charge is 0.360 e. The van der Waals surface area contributed by atoms with Crippen molar-refractivity contribution in [2.75, 3.05) is 5.32 Å². The summed E-state index contributed by atoms with van der Waals surface area (Å²) in [6, 6.07) is 4.89. The van der Waals surface area contributed by atoms with Crippen LogP contribution in [0.2, 0.25) is 5.02 Å². The van der Waals surface area contributed by atoms with Gasteiger partial charge in [0.05, 0.1) is 4.48 Å². The molecule has 1 aromatic carbocycles. The van der Waals surface area contributed by atoms with Crippen molar-refractivity contribution in [2.24, 2.45) is 0 Å². The molecule has 0 aliphatic carbocycles. The van der Waals surface area contributed by atoms with Crippen LogP contribution < -0.4 is 5.32 Å². The molecule has 0 saturated carbocycles. The molecular formula is C11H8BrClF3NO. The Bertz CT molecular complexity index is 500. The lowest BCUT2D eigenvalue weighted by molar-refractivity contribution is -0.165. The molecule has 0 unspecified atom stereocenters. The number of anilines is 1. The second-order valence-electron chi connectivity index (χ2n) is 3.43. The van der Waals surface area contributed by atoms with Crippen molar-refractivity contribution in [3.63, 3.8) is 0 Å². The Morgan fingerprint density at radius 3 is 2.56 bits per heavy atom. The Morgan fingerprint density at radius 2 is 2.06 bits per heavy atom. The van der Waals surface area contributed by atoms with Crippen LogP contribution in [0.3, 0.4) is 0 Å². The molecule has 2 nitrogen and oxygen atoms in total. The van der Waals surface area contributed by atoms with Crippen LogP contribution in [0.1, 0.15) is 5.56 Å². The number of carbonyl (C=O) groups excluding carboxylic acids is 1. The summed E-state index contributed by atoms with van der Waals surface area (Å²) in [4.78, 5) is 10.8. The van der Waals surface area contributed by atoms with Crippen LogP contribution in [0, 0.1) is 6.92 Å². The lowest BCUT2D eigenvalue weighted by Crippen LogP contribution is -2.22. The Morgan fingerprint density at radius 1 is 1.44 bits per heavy atom. The number of aryl methyl sites for hydroxylation is 1. The van der Waals surface area contributed by atoms with Crippen molar-refractivity contribution in [3.05, 3.63) is 39.5 Å². The van der Waals surface area contributed by atoms with Gasteiger partial charge in [-0.25, -0.2) is 0 Å². The highest BCUT2D eigenvalue weighted by molar-refractivity contribution is 9.12. The van der Waals surface area contributed by atoms with Gasteiger partial charge in [0.25, 0.3) is 5.78 Å². The second-order valence-corrected chi connectivity index (χ2v) is 4.69. The molecule has 0 bridgehead atoms. The summed E-state index contributed by atoms with van der Waals surface area (Å²) in [5, 5.41) is 3.03. The van der Waals surface area contributed by atoms with E-state index < -0.39 is 16.4 Å². The van der Waals surface area contributed by atoms with Gasteiger partial charge in [0.2, 0.25) is 0 Å². The van der Waals surface area contributed by atoms with Gasteiger partial charge >= 0.3 is 6.18 Å². The third kappa shape index (κ3) is 4.03. The zero-order valence-corrected chi connectivity index (χ0v) is 11.4. The first-order valence-corrected chi connectivity index (χ1v) is 5.89. The van der Waals surface area contributed by atoms with Crippen molar-refractivity contribution in [1.82, 2.24) is 0 Å². The van der Waals surface area contributed by atoms with E-state index in [9.17, 15) is 18.0 Å². The van der Waals surface area contributed by atoms with Gasteiger partial charge in [-0.1, -0.05) is 17.7 Å². The van der Waals surface area contributed by atoms with E-state index in [1.165, 1.54) is 0 Å². The molecule has 7 heteroatoms. The number of ketones is 1. The SMILES string of the molecule is Cc1ccc(N/C=C(\Br)C(=O)C(F)(F)F)cc1Cl. The molecule has 0 aliphatic heterocycles. The van der Waals surface area contributed by atoms with Crippen LogP contribution in [0.15, 0.2) is 28.9 Å². The highest BCUT2D eigenvalue weighted by Gasteiger charge is 2.39. The number of allylic oxidation sites excluding steroid dienone is 1. The first-order chi connectivity index (χ1) is 8.21. The van der Waals surface area contributed by atoms with E-state index in [1.54, 1.807) is 25.1 Å². The zero-order chi connectivity index (χ0) is 13.9. The molecule has 1 aromatic rings. The first-order valence-electron chi connectivity index (χ1n) is 4.71. The predicted octanol–water partition coefficient (Wildman–Crippen LogP) is 4.43. The monoisotopic (exact) mass is 341 g/mol. The average Bonchev–Trinajstić information content (AvgIpc) is 2.28. The molecule has 1 rings (SSSR count). The maximum absolute atomic E-state index is 12.1. The number of hydrogen-bond acceptors (Lipinski definition) is 2. The maximum Gasteiger partial charge on any atom is 0.455 e. The number of Topliss-reactive ketones (excluding diaryl/α,β-unsaturated/α-hetero) is 1. The number of hydrogen-bond donors (Lipinski definition) is 1. The molecule has 0 fully saturated rings. The third-order valence-corrected chi connectivity index (χ3v) is 3.01. The summed E-state index contributed by atoms with van der Waals surface area (Å²) in [5.74, 6) is -1.95. The van der Waals surface area contributed by atoms with E-state index >= 15 is 0 Å². The van der Waals surface area contributed by atoms with Crippen LogP contribution in [-0.2, 0) is 4.79 Å². The fraction of sp³-hybridized carbons (Fsp3) is 0.182. The summed E-state index contributed by atoms with van der Waals surface area (Å²) in [7, 11) is 0. The van der Waals surface area contributed by atoms with Gasteiger partial charge in [-0.15, -0.1) is 0 Å². The molecule has 0 heterocycles. The molecule has 0 atom stereocenters. The maximum atomic E-state index is 12.1. The molecule has 0 aliphatic rings. The lowest BCUT2D eigenvalue weighted by Gasteiger charge is -2.06. The van der Waals surface area contributed by atoms with Crippen molar-refractivity contribution in [3.8, 4) is 0 Å². The van der Waals surface area contributed by atoms with Crippen LogP contribution in [0.25, 0.3) is 0 Å². The Labute approximate surface area is 115 Å². The van der Waals surface area contributed by atoms with E-state index in [0.29, 0.717) is 10.7 Å². The topological polar surface area (TPSA) is 29.1 Å². The number of halogens is 5. The highest BCUT2D eigenvalue weighted by atomic mass is 79.9. The lowest BCUT2D eigenvalue weighted by atomic mass is 10.2. The minimum atomic E-state index is -4.90. The van der Waals surface area contributed by atoms with Crippen molar-refractivity contribution >= 4 is 39.0 Å². The Kier molecular flexibility index (Phi) is 4.81. The minimum absolute atomic E-state index is 0.478. The number of nitrogens with one attached hydrogen (secondary N) is 1. The quantitative estimate of drug-likeness (QED) is 0.824. The fourth-order valence-electron chi connectivity index (χ4n) is 1.03. The van der Waals surface area contributed by atoms with Crippen LogP contribution in [0.5, 0.6) is 0 Å². The zero-order valence-electron chi connectivity index (χ0n) is 9.11. The summed E-state index contributed by atoms with van der Waals surface area (Å²) >= 11 is 8.41. The van der Waals surface area contributed by atoms with E-state index in [0.717, 1.165) is 11.8 Å². The molecular weight excluding hydrogens is 334 g/mol. The molecule has 0 aromatic heterocycles. The van der Waals surface area contributed by atoms with Gasteiger partial charge in [-0.05, 0) is 40.5 Å². The first kappa shape index (κ1) is 15.0. The molecule has 98 valence electrons.